The number of anilines is 1. The summed E-state index contributed by atoms with van der Waals surface area (Å²) in [5.74, 6) is -1.84. The number of aryl methyl sites for hydroxylation is 1. The third-order valence-electron chi connectivity index (χ3n) is 7.04. The van der Waals surface area contributed by atoms with Gasteiger partial charge in [-0.2, -0.15) is 0 Å². The van der Waals surface area contributed by atoms with Crippen molar-refractivity contribution >= 4 is 17.0 Å². The van der Waals surface area contributed by atoms with Gasteiger partial charge in [0.1, 0.15) is 18.0 Å². The van der Waals surface area contributed by atoms with E-state index < -0.39 is 11.6 Å². The molecule has 4 aromatic rings. The van der Waals surface area contributed by atoms with E-state index in [4.69, 9.17) is 4.84 Å². The van der Waals surface area contributed by atoms with Crippen molar-refractivity contribution in [3.8, 4) is 0 Å². The number of hydrogen-bond acceptors (Lipinski definition) is 6. The number of benzene rings is 1. The van der Waals surface area contributed by atoms with Gasteiger partial charge in [0, 0.05) is 62.3 Å². The Labute approximate surface area is 214 Å². The van der Waals surface area contributed by atoms with Gasteiger partial charge in [0.2, 0.25) is 0 Å². The van der Waals surface area contributed by atoms with Gasteiger partial charge in [0.25, 0.3) is 0 Å². The fourth-order valence-corrected chi connectivity index (χ4v) is 5.39. The second-order valence-electron chi connectivity index (χ2n) is 10.1. The van der Waals surface area contributed by atoms with Crippen LogP contribution in [-0.4, -0.2) is 57.8 Å². The van der Waals surface area contributed by atoms with Crippen LogP contribution in [-0.2, 0) is 11.4 Å². The van der Waals surface area contributed by atoms with Gasteiger partial charge in [0.15, 0.2) is 11.6 Å². The van der Waals surface area contributed by atoms with Crippen LogP contribution in [0.5, 0.6) is 0 Å². The Morgan fingerprint density at radius 2 is 1.86 bits per heavy atom. The number of imidazole rings is 1. The molecular formula is C28H28F2N6O. The van der Waals surface area contributed by atoms with Crippen molar-refractivity contribution in [1.82, 2.24) is 19.3 Å². The Morgan fingerprint density at radius 1 is 1.03 bits per heavy atom. The maximum absolute atomic E-state index is 13.8. The van der Waals surface area contributed by atoms with Gasteiger partial charge in [-0.25, -0.2) is 13.8 Å². The summed E-state index contributed by atoms with van der Waals surface area (Å²) >= 11 is 0. The molecule has 7 nitrogen and oxygen atoms in total. The average Bonchev–Trinajstić information content (AvgIpc) is 3.22. The first-order chi connectivity index (χ1) is 17.9. The number of hydrogen-bond donors (Lipinski definition) is 0. The fourth-order valence-electron chi connectivity index (χ4n) is 5.39. The number of fused-ring (bicyclic) bond motifs is 1. The minimum Gasteiger partial charge on any atom is -0.396 e. The molecule has 0 aliphatic carbocycles. The molecule has 0 unspecified atom stereocenters. The summed E-state index contributed by atoms with van der Waals surface area (Å²) in [4.78, 5) is 19.1. The molecule has 3 aromatic heterocycles. The summed E-state index contributed by atoms with van der Waals surface area (Å²) in [6.07, 6.45) is 6.04. The van der Waals surface area contributed by atoms with Crippen molar-refractivity contribution in [3.63, 3.8) is 0 Å². The van der Waals surface area contributed by atoms with Crippen molar-refractivity contribution in [2.75, 3.05) is 37.7 Å². The highest BCUT2D eigenvalue weighted by atomic mass is 19.2. The van der Waals surface area contributed by atoms with E-state index in [1.807, 2.05) is 32.2 Å². The minimum absolute atomic E-state index is 0.358. The SMILES string of the molecule is CCON=C(c1ccc(F)c(F)c1)c1ccc(CN2CC3(C2)CN(c2ccc4nc(C)cn4c2)C3)cn1. The van der Waals surface area contributed by atoms with E-state index in [-0.39, 0.29) is 0 Å². The van der Waals surface area contributed by atoms with E-state index in [0.717, 1.165) is 61.8 Å². The standard InChI is InChI=1S/C28H28F2N6O/c1-3-37-33-27(21-5-7-23(29)24(30)10-21)25-8-4-20(11-31-25)13-34-15-28(16-34)17-36(18-28)22-6-9-26-32-19(2)12-35(26)14-22/h4-12,14H,3,13,15-18H2,1-2H3. The lowest BCUT2D eigenvalue weighted by Crippen LogP contribution is -2.72. The normalized spacial score (nSPS) is 17.2. The number of nitrogens with zero attached hydrogens (tertiary/aromatic N) is 6. The molecule has 2 fully saturated rings. The summed E-state index contributed by atoms with van der Waals surface area (Å²) in [6.45, 7) is 9.24. The molecule has 190 valence electrons. The lowest BCUT2D eigenvalue weighted by molar-refractivity contribution is -0.0274. The molecule has 0 saturated carbocycles. The second kappa shape index (κ2) is 9.23. The lowest BCUT2D eigenvalue weighted by Gasteiger charge is -2.61. The zero-order chi connectivity index (χ0) is 25.6. The first kappa shape index (κ1) is 23.5. The van der Waals surface area contributed by atoms with E-state index in [0.29, 0.717) is 29.0 Å². The predicted octanol–water partition coefficient (Wildman–Crippen LogP) is 4.43. The minimum atomic E-state index is -0.933. The lowest BCUT2D eigenvalue weighted by atomic mass is 9.72. The first-order valence-corrected chi connectivity index (χ1v) is 12.4. The smallest absolute Gasteiger partial charge is 0.159 e. The number of rotatable bonds is 7. The quantitative estimate of drug-likeness (QED) is 0.277. The van der Waals surface area contributed by atoms with Gasteiger partial charge in [-0.15, -0.1) is 0 Å². The van der Waals surface area contributed by atoms with Crippen LogP contribution in [0, 0.1) is 24.0 Å². The predicted molar refractivity (Wildman–Crippen MR) is 138 cm³/mol. The molecule has 1 aromatic carbocycles. The van der Waals surface area contributed by atoms with E-state index in [9.17, 15) is 8.78 Å². The van der Waals surface area contributed by atoms with E-state index >= 15 is 0 Å². The number of likely N-dealkylation sites (tertiary alicyclic amines) is 1. The van der Waals surface area contributed by atoms with Crippen molar-refractivity contribution in [3.05, 3.63) is 95.2 Å². The van der Waals surface area contributed by atoms with E-state index in [2.05, 4.69) is 53.9 Å². The molecule has 0 atom stereocenters. The summed E-state index contributed by atoms with van der Waals surface area (Å²) in [6, 6.07) is 11.8. The molecule has 2 aliphatic heterocycles. The number of oxime groups is 1. The number of aromatic nitrogens is 3. The highest BCUT2D eigenvalue weighted by Gasteiger charge is 2.51. The summed E-state index contributed by atoms with van der Waals surface area (Å²) in [7, 11) is 0. The molecule has 37 heavy (non-hydrogen) atoms. The van der Waals surface area contributed by atoms with Crippen molar-refractivity contribution < 1.29 is 13.6 Å². The summed E-state index contributed by atoms with van der Waals surface area (Å²) < 4.78 is 29.3. The van der Waals surface area contributed by atoms with Gasteiger partial charge in [-0.3, -0.25) is 9.88 Å². The molecule has 0 N–H and O–H groups in total. The third kappa shape index (κ3) is 4.55. The summed E-state index contributed by atoms with van der Waals surface area (Å²) in [5, 5.41) is 4.10. The van der Waals surface area contributed by atoms with Crippen molar-refractivity contribution in [1.29, 1.82) is 0 Å². The van der Waals surface area contributed by atoms with Gasteiger partial charge in [-0.05, 0) is 55.8 Å². The Bertz CT molecular complexity index is 1470. The largest absolute Gasteiger partial charge is 0.396 e. The Hall–Kier alpha value is -3.85. The molecule has 0 bridgehead atoms. The van der Waals surface area contributed by atoms with Crippen LogP contribution in [0.1, 0.15) is 29.4 Å². The van der Waals surface area contributed by atoms with Crippen LogP contribution in [0.25, 0.3) is 5.65 Å². The monoisotopic (exact) mass is 502 g/mol. The number of pyridine rings is 2. The fraction of sp³-hybridized carbons (Fsp3) is 0.321. The zero-order valence-electron chi connectivity index (χ0n) is 20.9. The molecule has 1 spiro atoms. The van der Waals surface area contributed by atoms with Crippen LogP contribution < -0.4 is 4.90 Å². The average molecular weight is 503 g/mol. The van der Waals surface area contributed by atoms with Crippen LogP contribution in [0.4, 0.5) is 14.5 Å². The van der Waals surface area contributed by atoms with Gasteiger partial charge < -0.3 is 14.1 Å². The topological polar surface area (TPSA) is 58.3 Å². The molecule has 2 saturated heterocycles. The van der Waals surface area contributed by atoms with Crippen LogP contribution in [0.15, 0.2) is 66.2 Å². The van der Waals surface area contributed by atoms with E-state index in [1.165, 1.54) is 11.8 Å². The van der Waals surface area contributed by atoms with Gasteiger partial charge in [0.05, 0.1) is 17.1 Å². The Balaban J connectivity index is 1.07. The molecule has 9 heteroatoms. The molecule has 2 aliphatic rings. The van der Waals surface area contributed by atoms with Gasteiger partial charge in [-0.1, -0.05) is 11.2 Å². The molecule has 6 rings (SSSR count). The van der Waals surface area contributed by atoms with Crippen LogP contribution >= 0.6 is 0 Å². The van der Waals surface area contributed by atoms with Crippen molar-refractivity contribution in [2.45, 2.75) is 20.4 Å². The third-order valence-corrected chi connectivity index (χ3v) is 7.04. The Kier molecular flexibility index (Phi) is 5.87. The molecule has 0 radical (unpaired) electrons. The van der Waals surface area contributed by atoms with Crippen LogP contribution in [0.3, 0.4) is 0 Å². The van der Waals surface area contributed by atoms with E-state index in [1.54, 1.807) is 0 Å². The zero-order valence-corrected chi connectivity index (χ0v) is 20.9. The maximum atomic E-state index is 13.8. The summed E-state index contributed by atoms with van der Waals surface area (Å²) in [5.41, 5.74) is 6.02. The van der Waals surface area contributed by atoms with Crippen LogP contribution in [0.2, 0.25) is 0 Å². The maximum Gasteiger partial charge on any atom is 0.159 e. The van der Waals surface area contributed by atoms with Crippen molar-refractivity contribution in [2.24, 2.45) is 10.6 Å². The highest BCUT2D eigenvalue weighted by molar-refractivity contribution is 6.11. The van der Waals surface area contributed by atoms with Gasteiger partial charge >= 0.3 is 0 Å². The number of halogens is 2. The second-order valence-corrected chi connectivity index (χ2v) is 10.1. The Morgan fingerprint density at radius 3 is 2.59 bits per heavy atom. The molecule has 0 amide bonds. The first-order valence-electron chi connectivity index (χ1n) is 12.4. The highest BCUT2D eigenvalue weighted by Crippen LogP contribution is 2.42. The molecule has 5 heterocycles. The molecular weight excluding hydrogens is 474 g/mol.